The Morgan fingerprint density at radius 2 is 1.90 bits per heavy atom. The van der Waals surface area contributed by atoms with Crippen LogP contribution in [0.5, 0.6) is 0 Å². The number of fused-ring (bicyclic) bond motifs is 3. The first-order valence-corrected chi connectivity index (χ1v) is 12.4. The van der Waals surface area contributed by atoms with Crippen molar-refractivity contribution in [2.45, 2.75) is 51.2 Å². The molecule has 0 aliphatic heterocycles. The molecule has 158 valence electrons. The Hall–Kier alpha value is -2.12. The summed E-state index contributed by atoms with van der Waals surface area (Å²) in [4.78, 5) is 35.0. The Balaban J connectivity index is 1.76. The number of thiophene rings is 1. The van der Waals surface area contributed by atoms with E-state index in [1.54, 1.807) is 15.9 Å². The molecule has 0 atom stereocenters. The van der Waals surface area contributed by atoms with E-state index in [-0.39, 0.29) is 11.5 Å². The fraction of sp³-hybridized carbons (Fsp3) is 0.435. The van der Waals surface area contributed by atoms with Crippen LogP contribution in [0.15, 0.2) is 40.3 Å². The van der Waals surface area contributed by atoms with Crippen LogP contribution in [0, 0.1) is 0 Å². The van der Waals surface area contributed by atoms with Gasteiger partial charge >= 0.3 is 0 Å². The van der Waals surface area contributed by atoms with Crippen LogP contribution >= 0.6 is 23.1 Å². The predicted octanol–water partition coefficient (Wildman–Crippen LogP) is 4.35. The highest BCUT2D eigenvalue weighted by atomic mass is 32.2. The molecule has 30 heavy (non-hydrogen) atoms. The summed E-state index contributed by atoms with van der Waals surface area (Å²) >= 11 is 3.04. The van der Waals surface area contributed by atoms with E-state index in [4.69, 9.17) is 4.98 Å². The van der Waals surface area contributed by atoms with E-state index < -0.39 is 0 Å². The quantitative estimate of drug-likeness (QED) is 0.404. The minimum absolute atomic E-state index is 0.0287. The van der Waals surface area contributed by atoms with E-state index >= 15 is 0 Å². The summed E-state index contributed by atoms with van der Waals surface area (Å²) in [6, 6.07) is 9.98. The summed E-state index contributed by atoms with van der Waals surface area (Å²) in [7, 11) is 0. The van der Waals surface area contributed by atoms with Crippen LogP contribution in [-0.2, 0) is 24.2 Å². The van der Waals surface area contributed by atoms with Crippen molar-refractivity contribution in [1.82, 2.24) is 14.5 Å². The second-order valence-corrected chi connectivity index (χ2v) is 9.54. The summed E-state index contributed by atoms with van der Waals surface area (Å²) in [6.45, 7) is 5.82. The number of nitrogens with zero attached hydrogens (tertiary/aromatic N) is 3. The zero-order valence-corrected chi connectivity index (χ0v) is 19.2. The predicted molar refractivity (Wildman–Crippen MR) is 125 cm³/mol. The number of carbonyl (C=O) groups is 1. The van der Waals surface area contributed by atoms with Gasteiger partial charge in [0.2, 0.25) is 5.91 Å². The van der Waals surface area contributed by atoms with Gasteiger partial charge in [-0.25, -0.2) is 4.98 Å². The molecule has 1 aliphatic rings. The number of benzene rings is 1. The second kappa shape index (κ2) is 9.35. The summed E-state index contributed by atoms with van der Waals surface area (Å²) in [5.74, 6) is 0.371. The highest BCUT2D eigenvalue weighted by molar-refractivity contribution is 7.99. The van der Waals surface area contributed by atoms with Crippen molar-refractivity contribution < 1.29 is 4.79 Å². The minimum Gasteiger partial charge on any atom is -0.343 e. The molecule has 2 heterocycles. The molecule has 2 aromatic heterocycles. The number of hydrogen-bond acceptors (Lipinski definition) is 5. The van der Waals surface area contributed by atoms with Crippen LogP contribution in [0.2, 0.25) is 0 Å². The summed E-state index contributed by atoms with van der Waals surface area (Å²) in [6.07, 6.45) is 4.31. The smallest absolute Gasteiger partial charge is 0.263 e. The SMILES string of the molecule is CCN(CC)C(=O)CSc1nc2sc3c(c2c(=O)n1Cc1ccccc1)CCCC3. The Labute approximate surface area is 185 Å². The van der Waals surface area contributed by atoms with Crippen molar-refractivity contribution in [3.8, 4) is 0 Å². The van der Waals surface area contributed by atoms with E-state index in [0.29, 0.717) is 30.5 Å². The first-order chi connectivity index (χ1) is 14.6. The van der Waals surface area contributed by atoms with E-state index in [2.05, 4.69) is 0 Å². The summed E-state index contributed by atoms with van der Waals surface area (Å²) < 4.78 is 1.76. The topological polar surface area (TPSA) is 55.2 Å². The van der Waals surface area contributed by atoms with Gasteiger partial charge in [-0.3, -0.25) is 14.2 Å². The number of thioether (sulfide) groups is 1. The molecule has 0 fully saturated rings. The van der Waals surface area contributed by atoms with Crippen molar-refractivity contribution in [3.63, 3.8) is 0 Å². The lowest BCUT2D eigenvalue weighted by Crippen LogP contribution is -2.32. The molecule has 0 N–H and O–H groups in total. The number of amides is 1. The number of rotatable bonds is 7. The average molecular weight is 442 g/mol. The normalized spacial score (nSPS) is 13.4. The third kappa shape index (κ3) is 4.18. The van der Waals surface area contributed by atoms with Gasteiger partial charge in [0.25, 0.3) is 5.56 Å². The highest BCUT2D eigenvalue weighted by Gasteiger charge is 2.23. The minimum atomic E-state index is 0.0287. The molecule has 0 saturated carbocycles. The number of aromatic nitrogens is 2. The molecule has 0 saturated heterocycles. The zero-order chi connectivity index (χ0) is 21.1. The van der Waals surface area contributed by atoms with Crippen molar-refractivity contribution in [2.24, 2.45) is 0 Å². The van der Waals surface area contributed by atoms with E-state index in [1.807, 2.05) is 49.1 Å². The average Bonchev–Trinajstić information content (AvgIpc) is 3.14. The molecule has 0 bridgehead atoms. The van der Waals surface area contributed by atoms with Crippen LogP contribution in [0.3, 0.4) is 0 Å². The third-order valence-corrected chi connectivity index (χ3v) is 7.81. The summed E-state index contributed by atoms with van der Waals surface area (Å²) in [5, 5.41) is 1.43. The maximum absolute atomic E-state index is 13.6. The standard InChI is InChI=1S/C23H27N3O2S2/c1-3-25(4-2)19(27)15-29-23-24-21-20(17-12-8-9-13-18(17)30-21)22(28)26(23)14-16-10-6-5-7-11-16/h5-7,10-11H,3-4,8-9,12-15H2,1-2H3. The lowest BCUT2D eigenvalue weighted by Gasteiger charge is -2.19. The van der Waals surface area contributed by atoms with Gasteiger partial charge in [-0.2, -0.15) is 0 Å². The number of carbonyl (C=O) groups excluding carboxylic acids is 1. The van der Waals surface area contributed by atoms with Gasteiger partial charge in [0, 0.05) is 18.0 Å². The van der Waals surface area contributed by atoms with Crippen LogP contribution in [0.25, 0.3) is 10.2 Å². The molecule has 0 unspecified atom stereocenters. The van der Waals surface area contributed by atoms with E-state index in [0.717, 1.165) is 35.0 Å². The lowest BCUT2D eigenvalue weighted by molar-refractivity contribution is -0.127. The first kappa shape index (κ1) is 21.1. The molecule has 0 radical (unpaired) electrons. The van der Waals surface area contributed by atoms with Crippen LogP contribution < -0.4 is 5.56 Å². The van der Waals surface area contributed by atoms with Gasteiger partial charge < -0.3 is 4.90 Å². The molecular weight excluding hydrogens is 414 g/mol. The Morgan fingerprint density at radius 1 is 1.17 bits per heavy atom. The van der Waals surface area contributed by atoms with Crippen LogP contribution in [-0.4, -0.2) is 39.2 Å². The van der Waals surface area contributed by atoms with Gasteiger partial charge in [0.05, 0.1) is 17.7 Å². The zero-order valence-electron chi connectivity index (χ0n) is 17.5. The molecule has 1 aliphatic carbocycles. The van der Waals surface area contributed by atoms with Crippen molar-refractivity contribution in [1.29, 1.82) is 0 Å². The maximum Gasteiger partial charge on any atom is 0.263 e. The number of hydrogen-bond donors (Lipinski definition) is 0. The molecule has 0 spiro atoms. The van der Waals surface area contributed by atoms with Crippen molar-refractivity contribution in [3.05, 3.63) is 56.7 Å². The van der Waals surface area contributed by atoms with Gasteiger partial charge in [-0.05, 0) is 50.7 Å². The maximum atomic E-state index is 13.6. The monoisotopic (exact) mass is 441 g/mol. The van der Waals surface area contributed by atoms with Gasteiger partial charge in [-0.15, -0.1) is 11.3 Å². The van der Waals surface area contributed by atoms with Gasteiger partial charge in [-0.1, -0.05) is 42.1 Å². The fourth-order valence-electron chi connectivity index (χ4n) is 4.03. The van der Waals surface area contributed by atoms with Gasteiger partial charge in [0.1, 0.15) is 4.83 Å². The van der Waals surface area contributed by atoms with Crippen LogP contribution in [0.1, 0.15) is 42.7 Å². The third-order valence-electron chi connectivity index (χ3n) is 5.66. The van der Waals surface area contributed by atoms with Crippen molar-refractivity contribution >= 4 is 39.2 Å². The van der Waals surface area contributed by atoms with Gasteiger partial charge in [0.15, 0.2) is 5.16 Å². The summed E-state index contributed by atoms with van der Waals surface area (Å²) in [5.41, 5.74) is 2.29. The Bertz CT molecular complexity index is 1100. The van der Waals surface area contributed by atoms with E-state index in [9.17, 15) is 9.59 Å². The molecule has 4 rings (SSSR count). The molecule has 3 aromatic rings. The first-order valence-electron chi connectivity index (χ1n) is 10.6. The largest absolute Gasteiger partial charge is 0.343 e. The molecule has 5 nitrogen and oxygen atoms in total. The fourth-order valence-corrected chi connectivity index (χ4v) is 6.23. The van der Waals surface area contributed by atoms with Crippen molar-refractivity contribution in [2.75, 3.05) is 18.8 Å². The Kier molecular flexibility index (Phi) is 6.58. The molecular formula is C23H27N3O2S2. The molecule has 1 amide bonds. The second-order valence-electron chi connectivity index (χ2n) is 7.52. The lowest BCUT2D eigenvalue weighted by atomic mass is 9.97. The number of aryl methyl sites for hydroxylation is 2. The molecule has 7 heteroatoms. The highest BCUT2D eigenvalue weighted by Crippen LogP contribution is 2.34. The van der Waals surface area contributed by atoms with E-state index in [1.165, 1.54) is 28.6 Å². The Morgan fingerprint density at radius 3 is 2.63 bits per heavy atom. The van der Waals surface area contributed by atoms with Crippen LogP contribution in [0.4, 0.5) is 0 Å². The molecule has 1 aromatic carbocycles.